The lowest BCUT2D eigenvalue weighted by atomic mass is 10.1. The van der Waals surface area contributed by atoms with Crippen LogP contribution in [0.5, 0.6) is 17.2 Å². The Morgan fingerprint density at radius 3 is 2.41 bits per heavy atom. The third kappa shape index (κ3) is 5.93. The number of nitrogen functional groups attached to an aromatic ring is 1. The van der Waals surface area contributed by atoms with Gasteiger partial charge in [-0.15, -0.1) is 9.24 Å². The van der Waals surface area contributed by atoms with Gasteiger partial charge < -0.3 is 25.4 Å². The second kappa shape index (κ2) is 10.7. The Morgan fingerprint density at radius 1 is 1.06 bits per heavy atom. The van der Waals surface area contributed by atoms with Crippen LogP contribution in [0, 0.1) is 5.41 Å². The van der Waals surface area contributed by atoms with Gasteiger partial charge in [0.15, 0.2) is 0 Å². The maximum Gasteiger partial charge on any atom is 0.256 e. The van der Waals surface area contributed by atoms with Crippen molar-refractivity contribution in [3.05, 3.63) is 77.9 Å². The topological polar surface area (TPSA) is 101 Å². The number of benzene rings is 3. The first-order valence-corrected chi connectivity index (χ1v) is 11.7. The summed E-state index contributed by atoms with van der Waals surface area (Å²) in [5.74, 6) is 1.54. The molecule has 8 heteroatoms. The zero-order valence-electron chi connectivity index (χ0n) is 19.1. The molecule has 1 fully saturated rings. The minimum absolute atomic E-state index is 0.0767. The second-order valence-electron chi connectivity index (χ2n) is 8.36. The van der Waals surface area contributed by atoms with Crippen molar-refractivity contribution in [1.29, 1.82) is 5.41 Å². The summed E-state index contributed by atoms with van der Waals surface area (Å²) < 4.78 is 11.9. The molecule has 176 valence electrons. The highest BCUT2D eigenvalue weighted by molar-refractivity contribution is 7.27. The summed E-state index contributed by atoms with van der Waals surface area (Å²) in [6.45, 7) is 2.04. The van der Waals surface area contributed by atoms with Crippen LogP contribution in [-0.2, 0) is 0 Å². The summed E-state index contributed by atoms with van der Waals surface area (Å²) >= 11 is 0. The number of ether oxygens (including phenoxy) is 2. The number of piperidine rings is 1. The number of nitrogens with two attached hydrogens (primary N) is 1. The highest BCUT2D eigenvalue weighted by Crippen LogP contribution is 2.25. The maximum absolute atomic E-state index is 12.7. The third-order valence-electron chi connectivity index (χ3n) is 5.76. The number of nitrogens with one attached hydrogen (secondary N) is 2. The van der Waals surface area contributed by atoms with Gasteiger partial charge in [-0.1, -0.05) is 18.2 Å². The molecule has 4 rings (SSSR count). The van der Waals surface area contributed by atoms with Gasteiger partial charge in [0.05, 0.1) is 0 Å². The number of amidine groups is 1. The first kappa shape index (κ1) is 23.7. The molecular weight excluding hydrogens is 447 g/mol. The second-order valence-corrected chi connectivity index (χ2v) is 8.98. The van der Waals surface area contributed by atoms with Crippen molar-refractivity contribution in [1.82, 2.24) is 10.2 Å². The molecule has 1 amide bonds. The van der Waals surface area contributed by atoms with Crippen molar-refractivity contribution >= 4 is 32.0 Å². The predicted molar refractivity (Wildman–Crippen MR) is 139 cm³/mol. The Morgan fingerprint density at radius 2 is 1.74 bits per heavy atom. The number of hydrogen-bond donors (Lipinski definition) is 3. The van der Waals surface area contributed by atoms with E-state index in [0.717, 1.165) is 37.0 Å². The SMILES string of the molecule is CN1CCC(Oc2ccc(C(=O)NC(=N)c3ccc(Oc4ccccc4P)cc3N)cc2)CC1. The van der Waals surface area contributed by atoms with Crippen molar-refractivity contribution in [3.8, 4) is 17.2 Å². The fraction of sp³-hybridized carbons (Fsp3) is 0.231. The van der Waals surface area contributed by atoms with E-state index in [2.05, 4.69) is 26.5 Å². The van der Waals surface area contributed by atoms with Crippen molar-refractivity contribution in [3.63, 3.8) is 0 Å². The van der Waals surface area contributed by atoms with E-state index < -0.39 is 0 Å². The first-order chi connectivity index (χ1) is 16.4. The maximum atomic E-state index is 12.7. The zero-order valence-corrected chi connectivity index (χ0v) is 20.2. The lowest BCUT2D eigenvalue weighted by Crippen LogP contribution is -2.35. The Kier molecular flexibility index (Phi) is 7.46. The molecule has 1 atom stereocenters. The summed E-state index contributed by atoms with van der Waals surface area (Å²) in [6.07, 6.45) is 2.18. The molecular formula is C26H29N4O3P. The highest BCUT2D eigenvalue weighted by Gasteiger charge is 2.18. The van der Waals surface area contributed by atoms with Crippen LogP contribution in [-0.4, -0.2) is 42.9 Å². The van der Waals surface area contributed by atoms with Crippen LogP contribution in [0.15, 0.2) is 66.7 Å². The van der Waals surface area contributed by atoms with E-state index in [1.54, 1.807) is 42.5 Å². The molecule has 34 heavy (non-hydrogen) atoms. The van der Waals surface area contributed by atoms with Crippen LogP contribution in [0.4, 0.5) is 5.69 Å². The number of likely N-dealkylation sites (tertiary alicyclic amines) is 1. The van der Waals surface area contributed by atoms with Crippen molar-refractivity contribution in [2.24, 2.45) is 0 Å². The number of nitrogens with zero attached hydrogens (tertiary/aromatic N) is 1. The molecule has 3 aromatic rings. The molecule has 0 radical (unpaired) electrons. The largest absolute Gasteiger partial charge is 0.490 e. The molecule has 0 aliphatic carbocycles. The molecule has 4 N–H and O–H groups in total. The summed E-state index contributed by atoms with van der Waals surface area (Å²) in [7, 11) is 4.73. The fourth-order valence-corrected chi connectivity index (χ4v) is 4.03. The smallest absolute Gasteiger partial charge is 0.256 e. The van der Waals surface area contributed by atoms with Gasteiger partial charge in [-0.2, -0.15) is 0 Å². The molecule has 1 aliphatic rings. The average molecular weight is 477 g/mol. The third-order valence-corrected chi connectivity index (χ3v) is 6.24. The number of amides is 1. The van der Waals surface area contributed by atoms with Crippen LogP contribution < -0.4 is 25.8 Å². The van der Waals surface area contributed by atoms with Gasteiger partial charge in [0.25, 0.3) is 5.91 Å². The molecule has 1 unspecified atom stereocenters. The molecule has 1 heterocycles. The Bertz CT molecular complexity index is 1170. The average Bonchev–Trinajstić information content (AvgIpc) is 2.82. The van der Waals surface area contributed by atoms with Gasteiger partial charge in [0.2, 0.25) is 0 Å². The van der Waals surface area contributed by atoms with Gasteiger partial charge in [-0.25, -0.2) is 0 Å². The van der Waals surface area contributed by atoms with E-state index >= 15 is 0 Å². The Labute approximate surface area is 202 Å². The number of hydrogen-bond acceptors (Lipinski definition) is 6. The van der Waals surface area contributed by atoms with Crippen LogP contribution in [0.1, 0.15) is 28.8 Å². The van der Waals surface area contributed by atoms with E-state index in [1.807, 2.05) is 24.3 Å². The summed E-state index contributed by atoms with van der Waals surface area (Å²) in [5.41, 5.74) is 7.35. The zero-order chi connectivity index (χ0) is 24.1. The van der Waals surface area contributed by atoms with Crippen LogP contribution >= 0.6 is 9.24 Å². The van der Waals surface area contributed by atoms with Gasteiger partial charge in [-0.3, -0.25) is 10.2 Å². The minimum atomic E-state index is -0.382. The van der Waals surface area contributed by atoms with Gasteiger partial charge >= 0.3 is 0 Å². The van der Waals surface area contributed by atoms with E-state index in [1.165, 1.54) is 0 Å². The van der Waals surface area contributed by atoms with Crippen LogP contribution in [0.25, 0.3) is 0 Å². The van der Waals surface area contributed by atoms with Gasteiger partial charge in [0, 0.05) is 41.3 Å². The summed E-state index contributed by atoms with van der Waals surface area (Å²) in [5, 5.41) is 11.9. The highest BCUT2D eigenvalue weighted by atomic mass is 31.0. The predicted octanol–water partition coefficient (Wildman–Crippen LogP) is 3.79. The molecule has 0 spiro atoms. The number of rotatable bonds is 6. The number of carbonyl (C=O) groups is 1. The Hall–Kier alpha value is -3.41. The first-order valence-electron chi connectivity index (χ1n) is 11.2. The monoisotopic (exact) mass is 476 g/mol. The summed E-state index contributed by atoms with van der Waals surface area (Å²) in [6, 6.07) is 19.6. The number of anilines is 1. The molecule has 0 saturated carbocycles. The summed E-state index contributed by atoms with van der Waals surface area (Å²) in [4.78, 5) is 14.9. The van der Waals surface area contributed by atoms with Gasteiger partial charge in [-0.05, 0) is 62.4 Å². The van der Waals surface area contributed by atoms with E-state index in [0.29, 0.717) is 28.3 Å². The quantitative estimate of drug-likeness (QED) is 0.218. The molecule has 0 bridgehead atoms. The van der Waals surface area contributed by atoms with E-state index in [9.17, 15) is 4.79 Å². The van der Waals surface area contributed by atoms with E-state index in [-0.39, 0.29) is 17.8 Å². The lowest BCUT2D eigenvalue weighted by molar-refractivity contribution is 0.0976. The Balaban J connectivity index is 1.35. The normalized spacial score (nSPS) is 14.4. The van der Waals surface area contributed by atoms with Crippen molar-refractivity contribution in [2.45, 2.75) is 18.9 Å². The molecule has 7 nitrogen and oxygen atoms in total. The lowest BCUT2D eigenvalue weighted by Gasteiger charge is -2.29. The van der Waals surface area contributed by atoms with E-state index in [4.69, 9.17) is 20.6 Å². The molecule has 0 aromatic heterocycles. The van der Waals surface area contributed by atoms with Crippen molar-refractivity contribution < 1.29 is 14.3 Å². The standard InChI is InChI=1S/C26H29N4O3P/c1-30-14-12-19(13-15-30)32-18-8-6-17(7-9-18)26(31)29-25(28)21-11-10-20(16-22(21)27)33-23-4-2-3-5-24(23)34/h2-11,16,19H,12-15,27,34H2,1H3,(H2,28,29,31). The minimum Gasteiger partial charge on any atom is -0.490 e. The van der Waals surface area contributed by atoms with Crippen molar-refractivity contribution in [2.75, 3.05) is 25.9 Å². The fourth-order valence-electron chi connectivity index (χ4n) is 3.77. The molecule has 1 aliphatic heterocycles. The van der Waals surface area contributed by atoms with Crippen LogP contribution in [0.3, 0.4) is 0 Å². The molecule has 3 aromatic carbocycles. The number of para-hydroxylation sites is 1. The van der Waals surface area contributed by atoms with Gasteiger partial charge in [0.1, 0.15) is 29.2 Å². The number of carbonyl (C=O) groups excluding carboxylic acids is 1. The molecule has 1 saturated heterocycles. The van der Waals surface area contributed by atoms with Crippen LogP contribution in [0.2, 0.25) is 0 Å².